The number of hydrogen-bond donors (Lipinski definition) is 0. The number of halogens is 12. The van der Waals surface area contributed by atoms with Crippen LogP contribution in [0.3, 0.4) is 0 Å². The maximum absolute atomic E-state index is 14.6. The van der Waals surface area contributed by atoms with E-state index in [2.05, 4.69) is 9.47 Å². The third-order valence-corrected chi connectivity index (χ3v) is 3.75. The van der Waals surface area contributed by atoms with E-state index in [-0.39, 0.29) is 25.7 Å². The Bertz CT molecular complexity index is 468. The summed E-state index contributed by atoms with van der Waals surface area (Å²) in [7, 11) is 0. The molecule has 1 aliphatic rings. The van der Waals surface area contributed by atoms with Gasteiger partial charge in [0.2, 0.25) is 0 Å². The Morgan fingerprint density at radius 2 is 1.27 bits per heavy atom. The summed E-state index contributed by atoms with van der Waals surface area (Å²) in [6.07, 6.45) is -17.1. The van der Waals surface area contributed by atoms with Gasteiger partial charge < -0.3 is 4.74 Å². The molecule has 14 heteroatoms. The van der Waals surface area contributed by atoms with Gasteiger partial charge in [0.25, 0.3) is 12.2 Å². The molecule has 0 aromatic rings. The lowest BCUT2D eigenvalue weighted by Gasteiger charge is -2.36. The first-order valence-corrected chi connectivity index (χ1v) is 6.98. The van der Waals surface area contributed by atoms with Crippen molar-refractivity contribution in [2.24, 2.45) is 5.92 Å². The highest BCUT2D eigenvalue weighted by Gasteiger charge is 2.73. The normalized spacial score (nSPS) is 21.7. The molecule has 0 radical (unpaired) electrons. The van der Waals surface area contributed by atoms with Gasteiger partial charge >= 0.3 is 24.4 Å². The van der Waals surface area contributed by atoms with Gasteiger partial charge in [-0.15, -0.1) is 13.2 Å². The lowest BCUT2D eigenvalue weighted by atomic mass is 9.98. The summed E-state index contributed by atoms with van der Waals surface area (Å²) >= 11 is 0. The average molecular weight is 416 g/mol. The number of ether oxygens (including phenoxy) is 2. The van der Waals surface area contributed by atoms with Crippen LogP contribution in [0.15, 0.2) is 0 Å². The highest BCUT2D eigenvalue weighted by atomic mass is 19.4. The maximum atomic E-state index is 14.6. The molecule has 0 aliphatic heterocycles. The Kier molecular flexibility index (Phi) is 6.44. The molecule has 0 N–H and O–H groups in total. The number of rotatable bonds is 7. The van der Waals surface area contributed by atoms with Crippen LogP contribution in [0.25, 0.3) is 0 Å². The summed E-state index contributed by atoms with van der Waals surface area (Å²) in [4.78, 5) is 0. The van der Waals surface area contributed by atoms with Gasteiger partial charge in [0, 0.05) is 5.92 Å². The fourth-order valence-electron chi connectivity index (χ4n) is 2.39. The van der Waals surface area contributed by atoms with Gasteiger partial charge in [-0.25, -0.2) is 8.78 Å². The quantitative estimate of drug-likeness (QED) is 0.509. The Labute approximate surface area is 138 Å². The van der Waals surface area contributed by atoms with Crippen molar-refractivity contribution in [3.63, 3.8) is 0 Å². The second-order valence-electron chi connectivity index (χ2n) is 5.62. The standard InChI is InChI=1S/C12H12F12O2/c13-7(26-12(22,23)24)9(16,6-3-1-2-4-6)25-5-8(14,15)10(17,18)11(19,20)21/h6-7H,1-5H2. The molecule has 1 saturated carbocycles. The summed E-state index contributed by atoms with van der Waals surface area (Å²) < 4.78 is 158. The van der Waals surface area contributed by atoms with Gasteiger partial charge in [-0.05, 0) is 12.8 Å². The van der Waals surface area contributed by atoms with Crippen LogP contribution in [0.5, 0.6) is 0 Å². The molecule has 0 amide bonds. The van der Waals surface area contributed by atoms with Gasteiger partial charge in [0.15, 0.2) is 0 Å². The zero-order valence-corrected chi connectivity index (χ0v) is 12.5. The molecule has 156 valence electrons. The first-order chi connectivity index (χ1) is 11.4. The Balaban J connectivity index is 3.03. The molecule has 0 saturated heterocycles. The molecule has 0 spiro atoms. The zero-order chi connectivity index (χ0) is 20.6. The fraction of sp³-hybridized carbons (Fsp3) is 1.00. The SMILES string of the molecule is FC(OC(F)(F)F)C(F)(OCC(F)(F)C(F)(F)C(F)(F)F)C1CCCC1. The highest BCUT2D eigenvalue weighted by Crippen LogP contribution is 2.49. The van der Waals surface area contributed by atoms with Crippen molar-refractivity contribution in [3.8, 4) is 0 Å². The van der Waals surface area contributed by atoms with E-state index < -0.39 is 49.1 Å². The van der Waals surface area contributed by atoms with Crippen LogP contribution in [0.2, 0.25) is 0 Å². The van der Waals surface area contributed by atoms with Crippen molar-refractivity contribution in [1.29, 1.82) is 0 Å². The van der Waals surface area contributed by atoms with E-state index in [4.69, 9.17) is 0 Å². The van der Waals surface area contributed by atoms with Crippen molar-refractivity contribution < 1.29 is 62.2 Å². The number of alkyl halides is 12. The summed E-state index contributed by atoms with van der Waals surface area (Å²) in [5.74, 6) is -18.9. The molecule has 1 aliphatic carbocycles. The Morgan fingerprint density at radius 3 is 1.65 bits per heavy atom. The largest absolute Gasteiger partial charge is 0.525 e. The third-order valence-electron chi connectivity index (χ3n) is 3.75. The summed E-state index contributed by atoms with van der Waals surface area (Å²) in [6, 6.07) is 0. The molecule has 0 heterocycles. The van der Waals surface area contributed by atoms with Crippen LogP contribution in [0.1, 0.15) is 25.7 Å². The minimum Gasteiger partial charge on any atom is -0.335 e. The fourth-order valence-corrected chi connectivity index (χ4v) is 2.39. The summed E-state index contributed by atoms with van der Waals surface area (Å²) in [5, 5.41) is 0. The van der Waals surface area contributed by atoms with Gasteiger partial charge in [-0.3, -0.25) is 4.74 Å². The smallest absolute Gasteiger partial charge is 0.335 e. The first kappa shape index (κ1) is 23.1. The Morgan fingerprint density at radius 1 is 0.808 bits per heavy atom. The van der Waals surface area contributed by atoms with Gasteiger partial charge in [-0.1, -0.05) is 12.8 Å². The molecule has 26 heavy (non-hydrogen) atoms. The molecular formula is C12H12F12O2. The Hall–Kier alpha value is -0.920. The van der Waals surface area contributed by atoms with E-state index >= 15 is 0 Å². The van der Waals surface area contributed by atoms with Crippen LogP contribution >= 0.6 is 0 Å². The lowest BCUT2D eigenvalue weighted by molar-refractivity contribution is -0.417. The molecule has 1 fully saturated rings. The van der Waals surface area contributed by atoms with Gasteiger partial charge in [-0.2, -0.15) is 30.7 Å². The molecule has 2 unspecified atom stereocenters. The summed E-state index contributed by atoms with van der Waals surface area (Å²) in [5.41, 5.74) is 0. The monoisotopic (exact) mass is 416 g/mol. The molecule has 2 nitrogen and oxygen atoms in total. The minimum absolute atomic E-state index is 0.119. The topological polar surface area (TPSA) is 18.5 Å². The van der Waals surface area contributed by atoms with E-state index in [1.54, 1.807) is 0 Å². The van der Waals surface area contributed by atoms with Crippen molar-refractivity contribution in [2.75, 3.05) is 6.61 Å². The van der Waals surface area contributed by atoms with Crippen LogP contribution in [0.4, 0.5) is 52.7 Å². The van der Waals surface area contributed by atoms with Gasteiger partial charge in [0.05, 0.1) is 0 Å². The van der Waals surface area contributed by atoms with Crippen molar-refractivity contribution >= 4 is 0 Å². The molecular weight excluding hydrogens is 404 g/mol. The van der Waals surface area contributed by atoms with Crippen LogP contribution < -0.4 is 0 Å². The predicted molar refractivity (Wildman–Crippen MR) is 59.7 cm³/mol. The molecule has 0 aromatic heterocycles. The molecule has 2 atom stereocenters. The van der Waals surface area contributed by atoms with E-state index in [9.17, 15) is 52.7 Å². The first-order valence-electron chi connectivity index (χ1n) is 6.98. The van der Waals surface area contributed by atoms with E-state index in [1.165, 1.54) is 0 Å². The zero-order valence-electron chi connectivity index (χ0n) is 12.5. The van der Waals surface area contributed by atoms with Gasteiger partial charge in [0.1, 0.15) is 6.61 Å². The van der Waals surface area contributed by atoms with Crippen molar-refractivity contribution in [2.45, 2.75) is 62.3 Å². The third kappa shape index (κ3) is 4.87. The number of hydrogen-bond acceptors (Lipinski definition) is 2. The minimum atomic E-state index is -6.76. The van der Waals surface area contributed by atoms with E-state index in [0.717, 1.165) is 0 Å². The maximum Gasteiger partial charge on any atom is 0.525 e. The van der Waals surface area contributed by atoms with E-state index in [0.29, 0.717) is 0 Å². The second kappa shape index (κ2) is 7.24. The van der Waals surface area contributed by atoms with Crippen molar-refractivity contribution in [1.82, 2.24) is 0 Å². The van der Waals surface area contributed by atoms with Crippen LogP contribution in [-0.2, 0) is 9.47 Å². The van der Waals surface area contributed by atoms with E-state index in [1.807, 2.05) is 0 Å². The average Bonchev–Trinajstić information content (AvgIpc) is 2.96. The van der Waals surface area contributed by atoms with Crippen LogP contribution in [-0.4, -0.2) is 43.2 Å². The molecule has 1 rings (SSSR count). The second-order valence-corrected chi connectivity index (χ2v) is 5.62. The van der Waals surface area contributed by atoms with Crippen molar-refractivity contribution in [3.05, 3.63) is 0 Å². The molecule has 0 aromatic carbocycles. The lowest BCUT2D eigenvalue weighted by Crippen LogP contribution is -2.57. The van der Waals surface area contributed by atoms with Crippen LogP contribution in [0, 0.1) is 5.92 Å². The summed E-state index contributed by atoms with van der Waals surface area (Å²) in [6.45, 7) is -3.02. The highest BCUT2D eigenvalue weighted by molar-refractivity contribution is 4.93. The molecule has 0 bridgehead atoms. The predicted octanol–water partition coefficient (Wildman–Crippen LogP) is 5.52.